The average molecular weight is 313 g/mol. The molecule has 2 rings (SSSR count). The number of hydrogen-bond donors (Lipinski definition) is 2. The van der Waals surface area contributed by atoms with Gasteiger partial charge in [-0.2, -0.15) is 0 Å². The second-order valence-electron chi connectivity index (χ2n) is 5.78. The first-order chi connectivity index (χ1) is 11.0. The molecule has 1 amide bonds. The van der Waals surface area contributed by atoms with Crippen LogP contribution in [0.3, 0.4) is 0 Å². The van der Waals surface area contributed by atoms with E-state index in [4.69, 9.17) is 4.74 Å². The van der Waals surface area contributed by atoms with Crippen LogP contribution < -0.4 is 10.1 Å². The summed E-state index contributed by atoms with van der Waals surface area (Å²) in [6.45, 7) is 5.94. The van der Waals surface area contributed by atoms with Crippen LogP contribution in [0.1, 0.15) is 41.4 Å². The number of aliphatic hydroxyl groups is 1. The molecule has 0 aliphatic rings. The van der Waals surface area contributed by atoms with Gasteiger partial charge in [0, 0.05) is 12.1 Å². The third-order valence-electron chi connectivity index (χ3n) is 3.46. The molecule has 0 saturated carbocycles. The van der Waals surface area contributed by atoms with Gasteiger partial charge in [0.2, 0.25) is 0 Å². The van der Waals surface area contributed by atoms with E-state index in [1.807, 2.05) is 57.2 Å². The molecule has 122 valence electrons. The van der Waals surface area contributed by atoms with Crippen molar-refractivity contribution in [2.24, 2.45) is 0 Å². The number of aliphatic hydroxyl groups excluding tert-OH is 1. The standard InChI is InChI=1S/C19H23NO3/c1-13(2)23-16-9-6-8-15(11-16)18(21)12-20-19(22)17-10-5-4-7-14(17)3/h4-11,13,18,21H,12H2,1-3H3,(H,20,22). The molecule has 0 aliphatic carbocycles. The second kappa shape index (κ2) is 7.79. The van der Waals surface area contributed by atoms with Crippen LogP contribution in [0, 0.1) is 6.92 Å². The van der Waals surface area contributed by atoms with E-state index >= 15 is 0 Å². The molecule has 0 fully saturated rings. The number of ether oxygens (including phenoxy) is 1. The van der Waals surface area contributed by atoms with Crippen molar-refractivity contribution in [2.75, 3.05) is 6.54 Å². The van der Waals surface area contributed by atoms with Crippen LogP contribution in [0.5, 0.6) is 5.75 Å². The smallest absolute Gasteiger partial charge is 0.251 e. The fraction of sp³-hybridized carbons (Fsp3) is 0.316. The molecule has 1 atom stereocenters. The molecule has 0 heterocycles. The third-order valence-corrected chi connectivity index (χ3v) is 3.46. The maximum absolute atomic E-state index is 12.2. The Morgan fingerprint density at radius 2 is 1.91 bits per heavy atom. The molecule has 2 aromatic rings. The summed E-state index contributed by atoms with van der Waals surface area (Å²) in [4.78, 5) is 12.2. The van der Waals surface area contributed by atoms with Crippen LogP contribution >= 0.6 is 0 Å². The molecule has 4 heteroatoms. The van der Waals surface area contributed by atoms with Gasteiger partial charge in [-0.05, 0) is 50.1 Å². The minimum absolute atomic E-state index is 0.0724. The molecule has 1 unspecified atom stereocenters. The van der Waals surface area contributed by atoms with Gasteiger partial charge in [0.25, 0.3) is 5.91 Å². The zero-order valence-corrected chi connectivity index (χ0v) is 13.7. The van der Waals surface area contributed by atoms with E-state index in [0.29, 0.717) is 16.9 Å². The second-order valence-corrected chi connectivity index (χ2v) is 5.78. The number of rotatable bonds is 6. The predicted octanol–water partition coefficient (Wildman–Crippen LogP) is 3.25. The van der Waals surface area contributed by atoms with Gasteiger partial charge in [0.15, 0.2) is 0 Å². The first-order valence-corrected chi connectivity index (χ1v) is 7.76. The van der Waals surface area contributed by atoms with Gasteiger partial charge >= 0.3 is 0 Å². The SMILES string of the molecule is Cc1ccccc1C(=O)NCC(O)c1cccc(OC(C)C)c1. The Kier molecular flexibility index (Phi) is 5.77. The zero-order chi connectivity index (χ0) is 16.8. The molecule has 0 bridgehead atoms. The van der Waals surface area contributed by atoms with E-state index in [0.717, 1.165) is 5.56 Å². The fourth-order valence-electron chi connectivity index (χ4n) is 2.30. The number of hydrogen-bond acceptors (Lipinski definition) is 3. The molecular weight excluding hydrogens is 290 g/mol. The maximum Gasteiger partial charge on any atom is 0.251 e. The van der Waals surface area contributed by atoms with Crippen molar-refractivity contribution >= 4 is 5.91 Å². The summed E-state index contributed by atoms with van der Waals surface area (Å²) >= 11 is 0. The molecule has 0 saturated heterocycles. The Morgan fingerprint density at radius 1 is 1.17 bits per heavy atom. The Labute approximate surface area is 137 Å². The van der Waals surface area contributed by atoms with E-state index in [1.54, 1.807) is 12.1 Å². The van der Waals surface area contributed by atoms with Gasteiger partial charge < -0.3 is 15.2 Å². The van der Waals surface area contributed by atoms with Crippen LogP contribution in [-0.4, -0.2) is 23.7 Å². The van der Waals surface area contributed by atoms with Gasteiger partial charge in [0.05, 0.1) is 12.2 Å². The summed E-state index contributed by atoms with van der Waals surface area (Å²) in [6.07, 6.45) is -0.707. The van der Waals surface area contributed by atoms with Gasteiger partial charge in [-0.3, -0.25) is 4.79 Å². The lowest BCUT2D eigenvalue weighted by atomic mass is 10.1. The van der Waals surface area contributed by atoms with Crippen molar-refractivity contribution < 1.29 is 14.6 Å². The number of benzene rings is 2. The molecule has 0 aromatic heterocycles. The highest BCUT2D eigenvalue weighted by molar-refractivity contribution is 5.95. The van der Waals surface area contributed by atoms with Crippen LogP contribution in [0.25, 0.3) is 0 Å². The highest BCUT2D eigenvalue weighted by atomic mass is 16.5. The number of aryl methyl sites for hydroxylation is 1. The molecule has 2 aromatic carbocycles. The average Bonchev–Trinajstić information content (AvgIpc) is 2.52. The van der Waals surface area contributed by atoms with Crippen molar-refractivity contribution in [1.29, 1.82) is 0 Å². The van der Waals surface area contributed by atoms with E-state index in [9.17, 15) is 9.90 Å². The van der Waals surface area contributed by atoms with E-state index in [2.05, 4.69) is 5.32 Å². The summed E-state index contributed by atoms with van der Waals surface area (Å²) in [5.41, 5.74) is 2.25. The summed E-state index contributed by atoms with van der Waals surface area (Å²) in [5, 5.41) is 13.0. The predicted molar refractivity (Wildman–Crippen MR) is 90.7 cm³/mol. The lowest BCUT2D eigenvalue weighted by Gasteiger charge is -2.15. The molecule has 0 radical (unpaired) electrons. The molecule has 0 spiro atoms. The van der Waals surface area contributed by atoms with Gasteiger partial charge in [-0.25, -0.2) is 0 Å². The van der Waals surface area contributed by atoms with Gasteiger partial charge in [0.1, 0.15) is 5.75 Å². The number of carbonyl (C=O) groups is 1. The maximum atomic E-state index is 12.2. The van der Waals surface area contributed by atoms with Crippen molar-refractivity contribution in [3.05, 3.63) is 65.2 Å². The minimum atomic E-state index is -0.779. The largest absolute Gasteiger partial charge is 0.491 e. The topological polar surface area (TPSA) is 58.6 Å². The number of carbonyl (C=O) groups excluding carboxylic acids is 1. The van der Waals surface area contributed by atoms with Crippen molar-refractivity contribution in [2.45, 2.75) is 33.0 Å². The Bertz CT molecular complexity index is 667. The monoisotopic (exact) mass is 313 g/mol. The number of amides is 1. The first kappa shape index (κ1) is 17.0. The quantitative estimate of drug-likeness (QED) is 0.860. The Hall–Kier alpha value is -2.33. The van der Waals surface area contributed by atoms with E-state index < -0.39 is 6.10 Å². The third kappa shape index (κ3) is 4.83. The minimum Gasteiger partial charge on any atom is -0.491 e. The van der Waals surface area contributed by atoms with E-state index in [1.165, 1.54) is 0 Å². The zero-order valence-electron chi connectivity index (χ0n) is 13.7. The van der Waals surface area contributed by atoms with Crippen LogP contribution in [-0.2, 0) is 0 Å². The summed E-state index contributed by atoms with van der Waals surface area (Å²) < 4.78 is 5.62. The first-order valence-electron chi connectivity index (χ1n) is 7.76. The molecular formula is C19H23NO3. The summed E-state index contributed by atoms with van der Waals surface area (Å²) in [7, 11) is 0. The van der Waals surface area contributed by atoms with Gasteiger partial charge in [-0.15, -0.1) is 0 Å². The lowest BCUT2D eigenvalue weighted by molar-refractivity contribution is 0.0915. The van der Waals surface area contributed by atoms with Crippen LogP contribution in [0.15, 0.2) is 48.5 Å². The molecule has 4 nitrogen and oxygen atoms in total. The Balaban J connectivity index is 1.98. The summed E-state index contributed by atoms with van der Waals surface area (Å²) in [5.74, 6) is 0.526. The van der Waals surface area contributed by atoms with Gasteiger partial charge in [-0.1, -0.05) is 30.3 Å². The molecule has 2 N–H and O–H groups in total. The Morgan fingerprint density at radius 3 is 2.61 bits per heavy atom. The normalized spacial score (nSPS) is 12.0. The fourth-order valence-corrected chi connectivity index (χ4v) is 2.30. The highest BCUT2D eigenvalue weighted by Crippen LogP contribution is 2.20. The molecule has 23 heavy (non-hydrogen) atoms. The van der Waals surface area contributed by atoms with Crippen molar-refractivity contribution in [1.82, 2.24) is 5.32 Å². The summed E-state index contributed by atoms with van der Waals surface area (Å²) in [6, 6.07) is 14.7. The van der Waals surface area contributed by atoms with E-state index in [-0.39, 0.29) is 18.6 Å². The van der Waals surface area contributed by atoms with Crippen molar-refractivity contribution in [3.8, 4) is 5.75 Å². The lowest BCUT2D eigenvalue weighted by Crippen LogP contribution is -2.28. The number of nitrogens with one attached hydrogen (secondary N) is 1. The van der Waals surface area contributed by atoms with Crippen LogP contribution in [0.4, 0.5) is 0 Å². The van der Waals surface area contributed by atoms with Crippen LogP contribution in [0.2, 0.25) is 0 Å². The molecule has 0 aliphatic heterocycles. The highest BCUT2D eigenvalue weighted by Gasteiger charge is 2.13. The van der Waals surface area contributed by atoms with Crippen molar-refractivity contribution in [3.63, 3.8) is 0 Å².